The summed E-state index contributed by atoms with van der Waals surface area (Å²) in [7, 11) is 1.90. The first-order valence-electron chi connectivity index (χ1n) is 10.7. The lowest BCUT2D eigenvalue weighted by molar-refractivity contribution is -0.384. The maximum Gasteiger partial charge on any atom is 0.405 e. The second-order valence-electron chi connectivity index (χ2n) is 7.26. The Labute approximate surface area is 199 Å². The zero-order chi connectivity index (χ0) is 26.2. The third kappa shape index (κ3) is 7.25. The molecule has 14 heteroatoms. The molecule has 2 aliphatic rings. The fraction of sp³-hybridized carbons (Fsp3) is 0.429. The number of pyridine rings is 2. The van der Waals surface area contributed by atoms with Crippen molar-refractivity contribution < 1.29 is 27.7 Å². The zero-order valence-electron chi connectivity index (χ0n) is 19.4. The number of hydrogen-bond donors (Lipinski definition) is 2. The molecule has 4 rings (SSSR count). The third-order valence-electron chi connectivity index (χ3n) is 5.08. The molecule has 4 heterocycles. The molecule has 1 saturated heterocycles. The Morgan fingerprint density at radius 3 is 2.66 bits per heavy atom. The zero-order valence-corrected chi connectivity index (χ0v) is 19.4. The Kier molecular flexibility index (Phi) is 9.31. The lowest BCUT2D eigenvalue weighted by Crippen LogP contribution is -2.41. The Hall–Kier alpha value is -3.97. The smallest absolute Gasteiger partial charge is 0.366 e. The number of anilines is 3. The molecule has 190 valence electrons. The van der Waals surface area contributed by atoms with Gasteiger partial charge in [-0.3, -0.25) is 19.7 Å². The van der Waals surface area contributed by atoms with Crippen molar-refractivity contribution in [2.24, 2.45) is 0 Å². The molecular weight excluding hydrogens is 471 g/mol. The van der Waals surface area contributed by atoms with E-state index in [1.807, 2.05) is 31.1 Å². The molecule has 2 aromatic rings. The van der Waals surface area contributed by atoms with Gasteiger partial charge in [-0.1, -0.05) is 13.8 Å². The molecule has 0 spiro atoms. The highest BCUT2D eigenvalue weighted by molar-refractivity contribution is 5.93. The van der Waals surface area contributed by atoms with E-state index in [4.69, 9.17) is 0 Å². The van der Waals surface area contributed by atoms with Gasteiger partial charge in [0.05, 0.1) is 16.7 Å². The number of fused-ring (bicyclic) bond motifs is 4. The van der Waals surface area contributed by atoms with E-state index in [0.29, 0.717) is 18.3 Å². The molecule has 2 N–H and O–H groups in total. The molecule has 0 aliphatic carbocycles. The van der Waals surface area contributed by atoms with E-state index in [1.54, 1.807) is 6.07 Å². The summed E-state index contributed by atoms with van der Waals surface area (Å²) in [5.74, 6) is 0.0130. The van der Waals surface area contributed by atoms with E-state index in [1.165, 1.54) is 24.4 Å². The second-order valence-corrected chi connectivity index (χ2v) is 7.26. The van der Waals surface area contributed by atoms with Crippen LogP contribution in [-0.2, 0) is 4.79 Å². The third-order valence-corrected chi connectivity index (χ3v) is 5.08. The van der Waals surface area contributed by atoms with E-state index in [2.05, 4.69) is 20.2 Å². The van der Waals surface area contributed by atoms with Gasteiger partial charge in [0.15, 0.2) is 5.82 Å². The van der Waals surface area contributed by atoms with Crippen LogP contribution in [0.1, 0.15) is 30.8 Å². The van der Waals surface area contributed by atoms with Crippen LogP contribution in [0.4, 0.5) is 36.2 Å². The molecular formula is C21H26F3N7O4. The molecule has 0 aromatic carbocycles. The summed E-state index contributed by atoms with van der Waals surface area (Å²) in [5.41, 5.74) is 0.834. The van der Waals surface area contributed by atoms with Gasteiger partial charge in [-0.15, -0.1) is 0 Å². The van der Waals surface area contributed by atoms with Crippen molar-refractivity contribution in [3.63, 3.8) is 0 Å². The first-order chi connectivity index (χ1) is 16.6. The van der Waals surface area contributed by atoms with Gasteiger partial charge in [0.2, 0.25) is 6.41 Å². The van der Waals surface area contributed by atoms with Crippen molar-refractivity contribution in [3.05, 3.63) is 46.3 Å². The van der Waals surface area contributed by atoms with Crippen molar-refractivity contribution in [2.75, 3.05) is 41.8 Å². The first kappa shape index (κ1) is 27.3. The van der Waals surface area contributed by atoms with E-state index < -0.39 is 23.6 Å². The molecule has 0 radical (unpaired) electrons. The number of alkyl halides is 3. The summed E-state index contributed by atoms with van der Waals surface area (Å²) in [6, 6.07) is 5.99. The molecule has 0 saturated carbocycles. The van der Waals surface area contributed by atoms with Crippen LogP contribution in [0.3, 0.4) is 0 Å². The average molecular weight is 497 g/mol. The van der Waals surface area contributed by atoms with Crippen LogP contribution >= 0.6 is 0 Å². The highest BCUT2D eigenvalue weighted by atomic mass is 19.4. The number of likely N-dealkylation sites (N-methyl/N-ethyl adjacent to an activating group) is 1. The fourth-order valence-corrected chi connectivity index (χ4v) is 3.47. The van der Waals surface area contributed by atoms with Gasteiger partial charge >= 0.3 is 6.18 Å². The van der Waals surface area contributed by atoms with Crippen LogP contribution in [0.25, 0.3) is 0 Å². The molecule has 35 heavy (non-hydrogen) atoms. The summed E-state index contributed by atoms with van der Waals surface area (Å²) >= 11 is 0. The van der Waals surface area contributed by atoms with Crippen molar-refractivity contribution in [1.29, 1.82) is 0 Å². The minimum atomic E-state index is -4.43. The predicted molar refractivity (Wildman–Crippen MR) is 124 cm³/mol. The van der Waals surface area contributed by atoms with Crippen LogP contribution in [-0.4, -0.2) is 66.1 Å². The van der Waals surface area contributed by atoms with Gasteiger partial charge in [-0.25, -0.2) is 9.97 Å². The molecule has 2 aromatic heterocycles. The number of amides is 2. The molecule has 11 nitrogen and oxygen atoms in total. The van der Waals surface area contributed by atoms with Gasteiger partial charge in [0.25, 0.3) is 11.6 Å². The minimum absolute atomic E-state index is 0.00681. The number of halogens is 3. The van der Waals surface area contributed by atoms with E-state index in [-0.39, 0.29) is 17.2 Å². The van der Waals surface area contributed by atoms with Crippen molar-refractivity contribution in [1.82, 2.24) is 15.3 Å². The Bertz CT molecular complexity index is 1050. The maximum absolute atomic E-state index is 12.1. The lowest BCUT2D eigenvalue weighted by atomic mass is 10.2. The molecule has 2 amide bonds. The topological polar surface area (TPSA) is 134 Å². The lowest BCUT2D eigenvalue weighted by Gasteiger charge is -2.34. The summed E-state index contributed by atoms with van der Waals surface area (Å²) in [4.78, 5) is 43.4. The number of rotatable bonds is 5. The van der Waals surface area contributed by atoms with Crippen LogP contribution < -0.4 is 20.4 Å². The highest BCUT2D eigenvalue weighted by Gasteiger charge is 2.35. The Morgan fingerprint density at radius 1 is 1.31 bits per heavy atom. The van der Waals surface area contributed by atoms with Gasteiger partial charge in [-0.2, -0.15) is 13.2 Å². The van der Waals surface area contributed by atoms with Gasteiger partial charge in [0.1, 0.15) is 18.1 Å². The standard InChI is InChI=1S/C13H15F3N4O.C6H5N3O3.C2H6/c1-19-8-4-5-20(6-8)10-3-2-9(18-11(10)19)12(21)17-7-13(14,15)16;10-4-8-6-3-5(9(11)12)1-2-7-6;1-2/h2-3,8H,4-7H2,1H3,(H,17,21);1-4H,(H,7,8,10);1-2H3/t8-;;/m0../s1. The number of carbonyl (C=O) groups excluding carboxylic acids is 2. The van der Waals surface area contributed by atoms with Crippen molar-refractivity contribution in [3.8, 4) is 0 Å². The predicted octanol–water partition coefficient (Wildman–Crippen LogP) is 2.99. The fourth-order valence-electron chi connectivity index (χ4n) is 3.47. The monoisotopic (exact) mass is 497 g/mol. The van der Waals surface area contributed by atoms with Crippen LogP contribution in [0, 0.1) is 10.1 Å². The quantitative estimate of drug-likeness (QED) is 0.366. The molecule has 2 bridgehead atoms. The number of nitro groups is 1. The van der Waals surface area contributed by atoms with Crippen LogP contribution in [0.5, 0.6) is 0 Å². The number of aromatic nitrogens is 2. The largest absolute Gasteiger partial charge is 0.405 e. The number of carbonyl (C=O) groups is 2. The number of hydrogen-bond acceptors (Lipinski definition) is 8. The summed E-state index contributed by atoms with van der Waals surface area (Å²) in [6.07, 6.45) is -1.75. The highest BCUT2D eigenvalue weighted by Crippen LogP contribution is 2.37. The summed E-state index contributed by atoms with van der Waals surface area (Å²) < 4.78 is 36.4. The summed E-state index contributed by atoms with van der Waals surface area (Å²) in [5, 5.41) is 14.3. The molecule has 0 unspecified atom stereocenters. The maximum atomic E-state index is 12.1. The molecule has 1 atom stereocenters. The molecule has 2 aliphatic heterocycles. The van der Waals surface area contributed by atoms with E-state index in [9.17, 15) is 32.9 Å². The minimum Gasteiger partial charge on any atom is -0.366 e. The number of nitrogens with zero attached hydrogens (tertiary/aromatic N) is 5. The Balaban J connectivity index is 0.000000263. The first-order valence-corrected chi connectivity index (χ1v) is 10.7. The van der Waals surface area contributed by atoms with Crippen LogP contribution in [0.15, 0.2) is 30.5 Å². The van der Waals surface area contributed by atoms with Crippen LogP contribution in [0.2, 0.25) is 0 Å². The van der Waals surface area contributed by atoms with E-state index in [0.717, 1.165) is 25.2 Å². The Morgan fingerprint density at radius 2 is 2.03 bits per heavy atom. The van der Waals surface area contributed by atoms with Crippen molar-refractivity contribution >= 4 is 35.3 Å². The molecule has 1 fully saturated rings. The SMILES string of the molecule is CC.CN1c2nc(C(=O)NCC(F)(F)F)ccc2N2CC[C@H]1C2.O=CNc1cc([N+](=O)[O-])ccn1. The second kappa shape index (κ2) is 11.9. The van der Waals surface area contributed by atoms with E-state index >= 15 is 0 Å². The number of nitrogens with one attached hydrogen (secondary N) is 2. The normalized spacial score (nSPS) is 15.5. The summed E-state index contributed by atoms with van der Waals surface area (Å²) in [6.45, 7) is 4.50. The van der Waals surface area contributed by atoms with Gasteiger partial charge in [0, 0.05) is 38.4 Å². The van der Waals surface area contributed by atoms with Crippen molar-refractivity contribution in [2.45, 2.75) is 32.5 Å². The van der Waals surface area contributed by atoms with Gasteiger partial charge < -0.3 is 20.4 Å². The average Bonchev–Trinajstić information content (AvgIpc) is 3.29. The van der Waals surface area contributed by atoms with Gasteiger partial charge in [-0.05, 0) is 18.6 Å².